The van der Waals surface area contributed by atoms with Crippen LogP contribution < -0.4 is 10.6 Å². The van der Waals surface area contributed by atoms with Crippen LogP contribution in [0.2, 0.25) is 10.0 Å². The Kier molecular flexibility index (Phi) is 6.37. The van der Waals surface area contributed by atoms with Crippen molar-refractivity contribution in [1.82, 2.24) is 4.98 Å². The Hall–Kier alpha value is -2.08. The molecular weight excluding hydrogens is 401 g/mol. The second-order valence-electron chi connectivity index (χ2n) is 6.23. The number of carbonyl (C=O) groups is 1. The topological polar surface area (TPSA) is 54.0 Å². The predicted octanol–water partition coefficient (Wildman–Crippen LogP) is 5.71. The summed E-state index contributed by atoms with van der Waals surface area (Å²) in [4.78, 5) is 17.4. The third kappa shape index (κ3) is 5.22. The van der Waals surface area contributed by atoms with Gasteiger partial charge in [0.25, 0.3) is 0 Å². The smallest absolute Gasteiger partial charge is 0.245 e. The Labute approximate surface area is 172 Å². The van der Waals surface area contributed by atoms with Gasteiger partial charge in [0.05, 0.1) is 6.54 Å². The highest BCUT2D eigenvalue weighted by Crippen LogP contribution is 2.29. The first-order valence-corrected chi connectivity index (χ1v) is 9.98. The zero-order chi connectivity index (χ0) is 19.4. The lowest BCUT2D eigenvalue weighted by molar-refractivity contribution is -0.114. The van der Waals surface area contributed by atoms with Crippen molar-refractivity contribution in [2.45, 2.75) is 20.3 Å². The van der Waals surface area contributed by atoms with E-state index in [1.54, 1.807) is 6.20 Å². The van der Waals surface area contributed by atoms with E-state index in [0.29, 0.717) is 21.6 Å². The molecule has 4 nitrogen and oxygen atoms in total. The SMILES string of the molecule is Cc1ccc(NCC(=O)Nc2ncc(Cc3c(Cl)cccc3Cl)s2)c(C)c1. The van der Waals surface area contributed by atoms with E-state index in [2.05, 4.69) is 21.7 Å². The van der Waals surface area contributed by atoms with Crippen LogP contribution in [0.3, 0.4) is 0 Å². The highest BCUT2D eigenvalue weighted by Gasteiger charge is 2.11. The number of aromatic nitrogens is 1. The number of carbonyl (C=O) groups excluding carboxylic acids is 1. The number of hydrogen-bond acceptors (Lipinski definition) is 4. The van der Waals surface area contributed by atoms with E-state index in [1.165, 1.54) is 16.9 Å². The largest absolute Gasteiger partial charge is 0.376 e. The lowest BCUT2D eigenvalue weighted by atomic mass is 10.1. The first-order chi connectivity index (χ1) is 12.9. The molecule has 3 aromatic rings. The fourth-order valence-electron chi connectivity index (χ4n) is 2.67. The van der Waals surface area contributed by atoms with Crippen molar-refractivity contribution >= 4 is 51.3 Å². The Bertz CT molecular complexity index is 951. The number of hydrogen-bond donors (Lipinski definition) is 2. The molecule has 0 radical (unpaired) electrons. The third-order valence-electron chi connectivity index (χ3n) is 4.03. The number of halogens is 2. The van der Waals surface area contributed by atoms with Crippen molar-refractivity contribution < 1.29 is 4.79 Å². The molecule has 27 heavy (non-hydrogen) atoms. The van der Waals surface area contributed by atoms with Gasteiger partial charge in [0.2, 0.25) is 5.91 Å². The van der Waals surface area contributed by atoms with E-state index in [-0.39, 0.29) is 12.5 Å². The highest BCUT2D eigenvalue weighted by atomic mass is 35.5. The van der Waals surface area contributed by atoms with Crippen molar-refractivity contribution in [3.63, 3.8) is 0 Å². The van der Waals surface area contributed by atoms with E-state index in [0.717, 1.165) is 21.7 Å². The molecular formula is C20H19Cl2N3OS. The van der Waals surface area contributed by atoms with Crippen LogP contribution in [-0.4, -0.2) is 17.4 Å². The van der Waals surface area contributed by atoms with Gasteiger partial charge in [-0.3, -0.25) is 4.79 Å². The number of amides is 1. The highest BCUT2D eigenvalue weighted by molar-refractivity contribution is 7.15. The van der Waals surface area contributed by atoms with E-state index >= 15 is 0 Å². The van der Waals surface area contributed by atoms with Crippen LogP contribution in [0.5, 0.6) is 0 Å². The predicted molar refractivity (Wildman–Crippen MR) is 114 cm³/mol. The van der Waals surface area contributed by atoms with Gasteiger partial charge >= 0.3 is 0 Å². The lowest BCUT2D eigenvalue weighted by Gasteiger charge is -2.09. The molecule has 0 saturated heterocycles. The van der Waals surface area contributed by atoms with Gasteiger partial charge in [-0.2, -0.15) is 0 Å². The van der Waals surface area contributed by atoms with Crippen molar-refractivity contribution in [2.24, 2.45) is 0 Å². The monoisotopic (exact) mass is 419 g/mol. The lowest BCUT2D eigenvalue weighted by Crippen LogP contribution is -2.21. The van der Waals surface area contributed by atoms with Crippen molar-refractivity contribution in [3.8, 4) is 0 Å². The summed E-state index contributed by atoms with van der Waals surface area (Å²) >= 11 is 13.8. The number of anilines is 2. The summed E-state index contributed by atoms with van der Waals surface area (Å²) in [6, 6.07) is 11.5. The van der Waals surface area contributed by atoms with E-state index in [9.17, 15) is 4.79 Å². The van der Waals surface area contributed by atoms with Gasteiger partial charge < -0.3 is 10.6 Å². The summed E-state index contributed by atoms with van der Waals surface area (Å²) in [5.41, 5.74) is 4.11. The van der Waals surface area contributed by atoms with Crippen LogP contribution >= 0.6 is 34.5 Å². The van der Waals surface area contributed by atoms with Crippen LogP contribution in [-0.2, 0) is 11.2 Å². The number of thiazole rings is 1. The van der Waals surface area contributed by atoms with Gasteiger partial charge in [0.1, 0.15) is 0 Å². The van der Waals surface area contributed by atoms with Gasteiger partial charge in [-0.15, -0.1) is 11.3 Å². The van der Waals surface area contributed by atoms with Gasteiger partial charge in [-0.25, -0.2) is 4.98 Å². The number of nitrogens with one attached hydrogen (secondary N) is 2. The molecule has 0 unspecified atom stereocenters. The van der Waals surface area contributed by atoms with E-state index in [4.69, 9.17) is 23.2 Å². The number of nitrogens with zero attached hydrogens (tertiary/aromatic N) is 1. The zero-order valence-electron chi connectivity index (χ0n) is 15.0. The maximum Gasteiger partial charge on any atom is 0.245 e. The summed E-state index contributed by atoms with van der Waals surface area (Å²) in [5, 5.41) is 7.77. The third-order valence-corrected chi connectivity index (χ3v) is 5.65. The van der Waals surface area contributed by atoms with Crippen molar-refractivity contribution in [1.29, 1.82) is 0 Å². The molecule has 0 saturated carbocycles. The minimum absolute atomic E-state index is 0.147. The summed E-state index contributed by atoms with van der Waals surface area (Å²) in [7, 11) is 0. The van der Waals surface area contributed by atoms with Gasteiger partial charge in [0, 0.05) is 33.2 Å². The molecule has 2 N–H and O–H groups in total. The summed E-state index contributed by atoms with van der Waals surface area (Å²) < 4.78 is 0. The maximum atomic E-state index is 12.2. The molecule has 0 fully saturated rings. The van der Waals surface area contributed by atoms with Crippen LogP contribution in [0.4, 0.5) is 10.8 Å². The fraction of sp³-hybridized carbons (Fsp3) is 0.200. The Balaban J connectivity index is 1.58. The second-order valence-corrected chi connectivity index (χ2v) is 8.16. The Morgan fingerprint density at radius 1 is 1.15 bits per heavy atom. The molecule has 140 valence electrons. The second kappa shape index (κ2) is 8.74. The molecule has 0 bridgehead atoms. The maximum absolute atomic E-state index is 12.2. The standard InChI is InChI=1S/C20H19Cl2N3OS/c1-12-6-7-18(13(2)8-12)23-11-19(26)25-20-24-10-14(27-20)9-15-16(21)4-3-5-17(15)22/h3-8,10,23H,9,11H2,1-2H3,(H,24,25,26). The number of rotatable bonds is 6. The summed E-state index contributed by atoms with van der Waals surface area (Å²) in [6.45, 7) is 4.23. The quantitative estimate of drug-likeness (QED) is 0.537. The molecule has 3 rings (SSSR count). The normalized spacial score (nSPS) is 10.7. The average molecular weight is 420 g/mol. The molecule has 1 heterocycles. The molecule has 0 aliphatic heterocycles. The molecule has 1 aromatic heterocycles. The van der Waals surface area contributed by atoms with Crippen LogP contribution in [0.25, 0.3) is 0 Å². The Morgan fingerprint density at radius 2 is 1.89 bits per heavy atom. The molecule has 0 spiro atoms. The number of benzene rings is 2. The minimum atomic E-state index is -0.147. The molecule has 7 heteroatoms. The fourth-order valence-corrected chi connectivity index (χ4v) is 4.04. The molecule has 1 amide bonds. The van der Waals surface area contributed by atoms with Crippen LogP contribution in [0.1, 0.15) is 21.6 Å². The number of aryl methyl sites for hydroxylation is 2. The first-order valence-electron chi connectivity index (χ1n) is 8.41. The molecule has 0 aliphatic carbocycles. The Morgan fingerprint density at radius 3 is 2.59 bits per heavy atom. The summed E-state index contributed by atoms with van der Waals surface area (Å²) in [6.07, 6.45) is 2.31. The molecule has 2 aromatic carbocycles. The van der Waals surface area contributed by atoms with Crippen molar-refractivity contribution in [3.05, 3.63) is 74.2 Å². The van der Waals surface area contributed by atoms with Crippen LogP contribution in [0.15, 0.2) is 42.6 Å². The molecule has 0 atom stereocenters. The van der Waals surface area contributed by atoms with Gasteiger partial charge in [-0.1, -0.05) is 47.0 Å². The van der Waals surface area contributed by atoms with E-state index in [1.807, 2.05) is 44.2 Å². The average Bonchev–Trinajstić information content (AvgIpc) is 3.04. The summed E-state index contributed by atoms with van der Waals surface area (Å²) in [5.74, 6) is -0.147. The van der Waals surface area contributed by atoms with Gasteiger partial charge in [0.15, 0.2) is 5.13 Å². The van der Waals surface area contributed by atoms with Crippen LogP contribution in [0, 0.1) is 13.8 Å². The first kappa shape index (κ1) is 19.7. The zero-order valence-corrected chi connectivity index (χ0v) is 17.3. The van der Waals surface area contributed by atoms with Gasteiger partial charge in [-0.05, 0) is 43.2 Å². The van der Waals surface area contributed by atoms with Crippen molar-refractivity contribution in [2.75, 3.05) is 17.2 Å². The minimum Gasteiger partial charge on any atom is -0.376 e. The van der Waals surface area contributed by atoms with E-state index < -0.39 is 0 Å². The molecule has 0 aliphatic rings.